The van der Waals surface area contributed by atoms with Crippen LogP contribution in [-0.2, 0) is 34.9 Å². The van der Waals surface area contributed by atoms with Gasteiger partial charge in [-0.2, -0.15) is 0 Å². The van der Waals surface area contributed by atoms with E-state index < -0.39 is 72.6 Å². The van der Waals surface area contributed by atoms with Gasteiger partial charge in [0.05, 0.1) is 11.7 Å². The van der Waals surface area contributed by atoms with Gasteiger partial charge in [0.1, 0.15) is 24.2 Å². The lowest BCUT2D eigenvalue weighted by Gasteiger charge is -2.64. The molecule has 1 aliphatic heterocycles. The Hall–Kier alpha value is -4.72. The molecule has 18 heteroatoms. The van der Waals surface area contributed by atoms with Crippen LogP contribution >= 0.6 is 0 Å². The zero-order valence-electron chi connectivity index (χ0n) is 36.1. The Bertz CT molecular complexity index is 1870. The van der Waals surface area contributed by atoms with Crippen molar-refractivity contribution in [2.24, 2.45) is 39.4 Å². The second kappa shape index (κ2) is 20.9. The Morgan fingerprint density at radius 1 is 0.836 bits per heavy atom. The Kier molecular flexibility index (Phi) is 16.2. The highest BCUT2D eigenvalue weighted by Crippen LogP contribution is 2.65. The fraction of sp³-hybridized carbons (Fsp3) is 0.581. The summed E-state index contributed by atoms with van der Waals surface area (Å²) in [6.45, 7) is 12.2. The Labute approximate surface area is 359 Å². The van der Waals surface area contributed by atoms with Crippen molar-refractivity contribution < 1.29 is 33.3 Å². The molecule has 2 aromatic rings. The lowest BCUT2D eigenvalue weighted by molar-refractivity contribution is -0.199. The summed E-state index contributed by atoms with van der Waals surface area (Å²) in [4.78, 5) is 70.9. The van der Waals surface area contributed by atoms with E-state index in [9.17, 15) is 24.0 Å². The van der Waals surface area contributed by atoms with Gasteiger partial charge < -0.3 is 58.4 Å². The second-order valence-corrected chi connectivity index (χ2v) is 17.2. The third kappa shape index (κ3) is 11.0. The minimum Gasteiger partial charge on any atom is -0.403 e. The van der Waals surface area contributed by atoms with E-state index in [-0.39, 0.29) is 37.5 Å². The smallest absolute Gasteiger partial charge is 0.403 e. The minimum absolute atomic E-state index is 0.0716. The van der Waals surface area contributed by atoms with E-state index in [0.29, 0.717) is 23.9 Å². The standard InChI is InChI=1S/C43H65BN10O7/c1-7-8-9-25-10-12-26(13-11-25)27-14-16-28(17-15-27)36(55)50-30(18-20-45)37(56)51-31(19-21-48-5)38(57)53-35(49-6)40(59)52-32(24-46)39(58)54-41(47)44-60-34-23-29-22-33(42(29,2)3)43(34,4)61-44/h10-17,29-35,41,48H,6-9,18-24,45-47H2,1-5H3,(H,50,55)(H,51,56)(H,52,59)(H,53,57)(H,54,58). The van der Waals surface area contributed by atoms with Gasteiger partial charge in [-0.05, 0) is 118 Å². The molecular weight excluding hydrogens is 779 g/mol. The van der Waals surface area contributed by atoms with E-state index in [1.165, 1.54) is 5.56 Å². The zero-order chi connectivity index (χ0) is 44.5. The van der Waals surface area contributed by atoms with Gasteiger partial charge in [0, 0.05) is 12.1 Å². The molecule has 2 bridgehead atoms. The number of unbranched alkanes of at least 4 members (excludes halogenated alkanes) is 1. The first-order chi connectivity index (χ1) is 29.1. The molecule has 61 heavy (non-hydrogen) atoms. The summed E-state index contributed by atoms with van der Waals surface area (Å²) < 4.78 is 12.5. The van der Waals surface area contributed by atoms with Crippen LogP contribution in [0.25, 0.3) is 11.1 Å². The van der Waals surface area contributed by atoms with Gasteiger partial charge in [0.2, 0.25) is 17.7 Å². The maximum atomic E-state index is 13.6. The van der Waals surface area contributed by atoms with Crippen LogP contribution in [0.5, 0.6) is 0 Å². The summed E-state index contributed by atoms with van der Waals surface area (Å²) in [6, 6.07) is 10.8. The van der Waals surface area contributed by atoms with Gasteiger partial charge in [-0.1, -0.05) is 63.6 Å². The molecule has 0 spiro atoms. The van der Waals surface area contributed by atoms with Crippen molar-refractivity contribution >= 4 is 43.4 Å². The summed E-state index contributed by atoms with van der Waals surface area (Å²) in [7, 11) is 0.776. The summed E-state index contributed by atoms with van der Waals surface area (Å²) in [5, 5.41) is 16.0. The van der Waals surface area contributed by atoms with Crippen LogP contribution in [0.2, 0.25) is 0 Å². The van der Waals surface area contributed by atoms with E-state index in [1.54, 1.807) is 19.2 Å². The molecule has 3 saturated carbocycles. The number of aryl methyl sites for hydroxylation is 1. The fourth-order valence-corrected chi connectivity index (χ4v) is 8.86. The van der Waals surface area contributed by atoms with E-state index in [1.807, 2.05) is 19.1 Å². The monoisotopic (exact) mass is 845 g/mol. The molecular formula is C43H65BN10O7. The van der Waals surface area contributed by atoms with Crippen LogP contribution in [0, 0.1) is 17.3 Å². The molecule has 17 nitrogen and oxygen atoms in total. The number of nitrogens with zero attached hydrogens (tertiary/aromatic N) is 1. The normalized spacial score (nSPS) is 23.5. The van der Waals surface area contributed by atoms with Crippen LogP contribution < -0.4 is 49.1 Å². The topological polar surface area (TPSA) is 266 Å². The van der Waals surface area contributed by atoms with Crippen LogP contribution in [0.1, 0.15) is 82.1 Å². The van der Waals surface area contributed by atoms with Crippen molar-refractivity contribution in [2.45, 2.75) is 115 Å². The summed E-state index contributed by atoms with van der Waals surface area (Å²) >= 11 is 0. The Morgan fingerprint density at radius 3 is 2.03 bits per heavy atom. The van der Waals surface area contributed by atoms with Gasteiger partial charge in [0.25, 0.3) is 11.8 Å². The third-order valence-corrected chi connectivity index (χ3v) is 12.8. The molecule has 0 aromatic heterocycles. The first kappa shape index (κ1) is 47.3. The molecule has 332 valence electrons. The van der Waals surface area contributed by atoms with E-state index in [2.05, 4.69) is 88.6 Å². The van der Waals surface area contributed by atoms with Crippen molar-refractivity contribution in [3.63, 3.8) is 0 Å². The predicted octanol–water partition coefficient (Wildman–Crippen LogP) is 0.493. The quantitative estimate of drug-likeness (QED) is 0.0448. The lowest BCUT2D eigenvalue weighted by atomic mass is 9.43. The molecule has 1 heterocycles. The number of nitrogens with two attached hydrogens (primary N) is 3. The Morgan fingerprint density at radius 2 is 1.44 bits per heavy atom. The SMILES string of the molecule is C=NC(NC(=O)C(CCNC)NC(=O)C(CCN)NC(=O)c1ccc(-c2ccc(CCCC)cc2)cc1)C(=O)NC(CN)C(=O)NC(N)B1OC2CC3CC(C3(C)C)C2(C)O1. The number of aliphatic imine (C=N–C) groups is 1. The summed E-state index contributed by atoms with van der Waals surface area (Å²) in [5.41, 5.74) is 21.2. The van der Waals surface area contributed by atoms with Crippen LogP contribution in [0.4, 0.5) is 0 Å². The highest BCUT2D eigenvalue weighted by Gasteiger charge is 2.68. The predicted molar refractivity (Wildman–Crippen MR) is 235 cm³/mol. The minimum atomic E-state index is -1.56. The molecule has 9 unspecified atom stereocenters. The van der Waals surface area contributed by atoms with Crippen LogP contribution in [-0.4, -0.2) is 112 Å². The van der Waals surface area contributed by atoms with E-state index in [4.69, 9.17) is 26.5 Å². The lowest BCUT2D eigenvalue weighted by Crippen LogP contribution is -2.65. The molecule has 1 saturated heterocycles. The second-order valence-electron chi connectivity index (χ2n) is 17.2. The van der Waals surface area contributed by atoms with Gasteiger partial charge in [-0.25, -0.2) is 0 Å². The maximum absolute atomic E-state index is 13.6. The zero-order valence-corrected chi connectivity index (χ0v) is 36.1. The number of carbonyl (C=O) groups excluding carboxylic acids is 5. The van der Waals surface area contributed by atoms with Crippen LogP contribution in [0.3, 0.4) is 0 Å². The summed E-state index contributed by atoms with van der Waals surface area (Å²) in [6.07, 6.45) is 3.67. The molecule has 2 aromatic carbocycles. The van der Waals surface area contributed by atoms with Crippen molar-refractivity contribution in [1.29, 1.82) is 0 Å². The van der Waals surface area contributed by atoms with Crippen molar-refractivity contribution in [3.8, 4) is 11.1 Å². The maximum Gasteiger partial charge on any atom is 0.497 e. The van der Waals surface area contributed by atoms with Crippen LogP contribution in [0.15, 0.2) is 53.5 Å². The van der Waals surface area contributed by atoms with Gasteiger partial charge in [-0.3, -0.25) is 29.0 Å². The molecule has 12 N–H and O–H groups in total. The number of rotatable bonds is 22. The average molecular weight is 845 g/mol. The number of carbonyl (C=O) groups is 5. The summed E-state index contributed by atoms with van der Waals surface area (Å²) in [5.74, 6) is -2.64. The highest BCUT2D eigenvalue weighted by atomic mass is 16.7. The number of hydrogen-bond donors (Lipinski definition) is 9. The van der Waals surface area contributed by atoms with Gasteiger partial charge in [0.15, 0.2) is 6.17 Å². The average Bonchev–Trinajstić information content (AvgIpc) is 3.62. The fourth-order valence-electron chi connectivity index (χ4n) is 8.86. The van der Waals surface area contributed by atoms with Gasteiger partial charge >= 0.3 is 7.12 Å². The number of nitrogens with one attached hydrogen (secondary N) is 6. The third-order valence-electron chi connectivity index (χ3n) is 12.8. The largest absolute Gasteiger partial charge is 0.497 e. The van der Waals surface area contributed by atoms with Crippen molar-refractivity contribution in [3.05, 3.63) is 59.7 Å². The number of amides is 5. The molecule has 4 aliphatic rings. The molecule has 4 fully saturated rings. The highest BCUT2D eigenvalue weighted by molar-refractivity contribution is 6.47. The van der Waals surface area contributed by atoms with Crippen molar-refractivity contribution in [1.82, 2.24) is 31.9 Å². The first-order valence-corrected chi connectivity index (χ1v) is 21.4. The molecule has 6 rings (SSSR count). The Balaban J connectivity index is 1.15. The van der Waals surface area contributed by atoms with E-state index >= 15 is 0 Å². The number of benzene rings is 2. The first-order valence-electron chi connectivity index (χ1n) is 21.4. The molecule has 9 atom stereocenters. The van der Waals surface area contributed by atoms with E-state index in [0.717, 1.165) is 43.2 Å². The van der Waals surface area contributed by atoms with Crippen molar-refractivity contribution in [2.75, 3.05) is 26.7 Å². The molecule has 0 radical (unpaired) electrons. The molecule has 3 aliphatic carbocycles. The number of hydrogen-bond acceptors (Lipinski definition) is 12. The van der Waals surface area contributed by atoms with Gasteiger partial charge in [-0.15, -0.1) is 0 Å². The molecule has 5 amide bonds.